The number of benzene rings is 1. The molecule has 0 radical (unpaired) electrons. The van der Waals surface area contributed by atoms with Crippen LogP contribution in [0.15, 0.2) is 18.2 Å². The van der Waals surface area contributed by atoms with E-state index in [-0.39, 0.29) is 23.3 Å². The van der Waals surface area contributed by atoms with Crippen LogP contribution in [0.5, 0.6) is 5.75 Å². The molecule has 0 aromatic heterocycles. The fraction of sp³-hybridized carbons (Fsp3) is 0.579. The maximum absolute atomic E-state index is 12.4. The molecule has 2 heterocycles. The van der Waals surface area contributed by atoms with Gasteiger partial charge in [-0.05, 0) is 30.5 Å². The summed E-state index contributed by atoms with van der Waals surface area (Å²) < 4.78 is 5.47. The van der Waals surface area contributed by atoms with Gasteiger partial charge in [-0.15, -0.1) is 0 Å². The number of aliphatic hydroxyl groups excluding tert-OH is 1. The molecule has 2 aliphatic rings. The summed E-state index contributed by atoms with van der Waals surface area (Å²) in [6.45, 7) is 3.65. The molecular formula is C19H27N3O5. The number of ether oxygens (including phenoxy) is 1. The Labute approximate surface area is 158 Å². The number of β-amino-alcohol motifs (C(OH)–C–C–N with tert-alkyl or cyclic N) is 1. The van der Waals surface area contributed by atoms with Crippen molar-refractivity contribution in [1.82, 2.24) is 15.1 Å². The number of piperazine rings is 1. The zero-order valence-corrected chi connectivity index (χ0v) is 15.6. The summed E-state index contributed by atoms with van der Waals surface area (Å²) in [5.41, 5.74) is 0.713. The molecule has 0 aliphatic carbocycles. The smallest absolute Gasteiger partial charge is 0.254 e. The van der Waals surface area contributed by atoms with E-state index in [9.17, 15) is 19.8 Å². The Hall–Kier alpha value is -2.16. The molecule has 3 rings (SSSR count). The molecule has 0 saturated carbocycles. The molecule has 2 aliphatic heterocycles. The highest BCUT2D eigenvalue weighted by Gasteiger charge is 2.30. The van der Waals surface area contributed by atoms with Crippen molar-refractivity contribution in [1.29, 1.82) is 0 Å². The molecule has 2 unspecified atom stereocenters. The maximum Gasteiger partial charge on any atom is 0.254 e. The number of carbonyl (C=O) groups excluding carboxylic acids is 2. The fourth-order valence-electron chi connectivity index (χ4n) is 3.55. The third-order valence-corrected chi connectivity index (χ3v) is 5.20. The largest absolute Gasteiger partial charge is 0.507 e. The van der Waals surface area contributed by atoms with E-state index < -0.39 is 12.0 Å². The SMILES string of the molecule is CNC(=O)c1cc(C(O)CN2CCN(C(=O)C3CCCO3)CC2)ccc1O. The number of amides is 2. The van der Waals surface area contributed by atoms with Crippen molar-refractivity contribution < 1.29 is 24.5 Å². The third kappa shape index (κ3) is 4.58. The van der Waals surface area contributed by atoms with E-state index in [0.717, 1.165) is 12.8 Å². The molecular weight excluding hydrogens is 350 g/mol. The minimum absolute atomic E-state index is 0.0708. The van der Waals surface area contributed by atoms with Crippen molar-refractivity contribution in [2.45, 2.75) is 25.0 Å². The first kappa shape index (κ1) is 19.6. The van der Waals surface area contributed by atoms with E-state index in [1.54, 1.807) is 6.07 Å². The third-order valence-electron chi connectivity index (χ3n) is 5.20. The summed E-state index contributed by atoms with van der Waals surface area (Å²) in [6.07, 6.45) is 0.663. The number of rotatable bonds is 5. The van der Waals surface area contributed by atoms with E-state index >= 15 is 0 Å². The molecule has 27 heavy (non-hydrogen) atoms. The first-order valence-corrected chi connectivity index (χ1v) is 9.35. The molecule has 148 valence electrons. The average Bonchev–Trinajstić information content (AvgIpc) is 3.22. The van der Waals surface area contributed by atoms with Crippen molar-refractivity contribution in [3.63, 3.8) is 0 Å². The summed E-state index contributed by atoms with van der Waals surface area (Å²) in [5.74, 6) is -0.448. The Morgan fingerprint density at radius 3 is 2.67 bits per heavy atom. The van der Waals surface area contributed by atoms with Crippen molar-refractivity contribution >= 4 is 11.8 Å². The normalized spacial score (nSPS) is 21.9. The van der Waals surface area contributed by atoms with Gasteiger partial charge in [-0.25, -0.2) is 0 Å². The lowest BCUT2D eigenvalue weighted by Crippen LogP contribution is -2.52. The van der Waals surface area contributed by atoms with Crippen LogP contribution in [0.3, 0.4) is 0 Å². The van der Waals surface area contributed by atoms with Crippen LogP contribution >= 0.6 is 0 Å². The molecule has 0 bridgehead atoms. The van der Waals surface area contributed by atoms with Gasteiger partial charge < -0.3 is 25.2 Å². The van der Waals surface area contributed by atoms with Crippen LogP contribution < -0.4 is 5.32 Å². The number of carbonyl (C=O) groups is 2. The van der Waals surface area contributed by atoms with E-state index in [1.807, 2.05) is 4.90 Å². The predicted molar refractivity (Wildman–Crippen MR) is 98.5 cm³/mol. The molecule has 2 fully saturated rings. The number of aromatic hydroxyl groups is 1. The first-order valence-electron chi connectivity index (χ1n) is 9.35. The van der Waals surface area contributed by atoms with Gasteiger partial charge in [0.1, 0.15) is 11.9 Å². The van der Waals surface area contributed by atoms with Gasteiger partial charge in [0.05, 0.1) is 11.7 Å². The van der Waals surface area contributed by atoms with Crippen molar-refractivity contribution in [2.75, 3.05) is 46.4 Å². The first-order chi connectivity index (χ1) is 13.0. The zero-order chi connectivity index (χ0) is 19.4. The van der Waals surface area contributed by atoms with Crippen molar-refractivity contribution in [3.05, 3.63) is 29.3 Å². The van der Waals surface area contributed by atoms with Crippen molar-refractivity contribution in [3.8, 4) is 5.75 Å². The summed E-state index contributed by atoms with van der Waals surface area (Å²) >= 11 is 0. The van der Waals surface area contributed by atoms with Crippen LogP contribution in [0.25, 0.3) is 0 Å². The summed E-state index contributed by atoms with van der Waals surface area (Å²) in [6, 6.07) is 4.54. The summed E-state index contributed by atoms with van der Waals surface area (Å²) in [7, 11) is 1.49. The number of aliphatic hydroxyl groups is 1. The molecule has 1 aromatic carbocycles. The molecule has 3 N–H and O–H groups in total. The highest BCUT2D eigenvalue weighted by Crippen LogP contribution is 2.24. The Balaban J connectivity index is 1.54. The molecule has 1 aromatic rings. The average molecular weight is 377 g/mol. The number of nitrogens with one attached hydrogen (secondary N) is 1. The Morgan fingerprint density at radius 1 is 1.30 bits per heavy atom. The van der Waals surface area contributed by atoms with Crippen LogP contribution in [0, 0.1) is 0 Å². The number of nitrogens with zero attached hydrogens (tertiary/aromatic N) is 2. The molecule has 2 amide bonds. The second kappa shape index (κ2) is 8.69. The van der Waals surface area contributed by atoms with E-state index in [0.29, 0.717) is 44.9 Å². The minimum atomic E-state index is -0.783. The highest BCUT2D eigenvalue weighted by atomic mass is 16.5. The van der Waals surface area contributed by atoms with E-state index in [1.165, 1.54) is 19.2 Å². The quantitative estimate of drug-likeness (QED) is 0.673. The summed E-state index contributed by atoms with van der Waals surface area (Å²) in [4.78, 5) is 28.1. The van der Waals surface area contributed by atoms with Gasteiger partial charge in [0.25, 0.3) is 11.8 Å². The van der Waals surface area contributed by atoms with Gasteiger partial charge >= 0.3 is 0 Å². The maximum atomic E-state index is 12.4. The number of hydrogen-bond acceptors (Lipinski definition) is 6. The lowest BCUT2D eigenvalue weighted by molar-refractivity contribution is -0.142. The van der Waals surface area contributed by atoms with Crippen LogP contribution in [0.4, 0.5) is 0 Å². The van der Waals surface area contributed by atoms with Crippen LogP contribution in [0.1, 0.15) is 34.9 Å². The van der Waals surface area contributed by atoms with Crippen LogP contribution in [-0.2, 0) is 9.53 Å². The fourth-order valence-corrected chi connectivity index (χ4v) is 3.55. The zero-order valence-electron chi connectivity index (χ0n) is 15.6. The monoisotopic (exact) mass is 377 g/mol. The Bertz CT molecular complexity index is 682. The van der Waals surface area contributed by atoms with E-state index in [2.05, 4.69) is 10.2 Å². The minimum Gasteiger partial charge on any atom is -0.507 e. The van der Waals surface area contributed by atoms with Gasteiger partial charge in [-0.1, -0.05) is 6.07 Å². The Kier molecular flexibility index (Phi) is 6.30. The molecule has 8 heteroatoms. The molecule has 2 saturated heterocycles. The van der Waals surface area contributed by atoms with Crippen molar-refractivity contribution in [2.24, 2.45) is 0 Å². The van der Waals surface area contributed by atoms with Gasteiger partial charge in [0.15, 0.2) is 0 Å². The lowest BCUT2D eigenvalue weighted by atomic mass is 10.0. The standard InChI is InChI=1S/C19H27N3O5/c1-20-18(25)14-11-13(4-5-15(14)23)16(24)12-21-6-8-22(9-7-21)19(26)17-3-2-10-27-17/h4-5,11,16-17,23-24H,2-3,6-10,12H2,1H3,(H,20,25). The molecule has 2 atom stereocenters. The second-order valence-corrected chi connectivity index (χ2v) is 7.00. The number of phenols is 1. The van der Waals surface area contributed by atoms with Crippen LogP contribution in [0.2, 0.25) is 0 Å². The second-order valence-electron chi connectivity index (χ2n) is 7.00. The predicted octanol–water partition coefficient (Wildman–Crippen LogP) is 0.108. The van der Waals surface area contributed by atoms with E-state index in [4.69, 9.17) is 4.74 Å². The lowest BCUT2D eigenvalue weighted by Gasteiger charge is -2.36. The Morgan fingerprint density at radius 2 is 2.04 bits per heavy atom. The molecule has 0 spiro atoms. The van der Waals surface area contributed by atoms with Gasteiger partial charge in [-0.2, -0.15) is 0 Å². The van der Waals surface area contributed by atoms with Gasteiger partial charge in [0.2, 0.25) is 0 Å². The molecule has 8 nitrogen and oxygen atoms in total. The van der Waals surface area contributed by atoms with Gasteiger partial charge in [0, 0.05) is 46.4 Å². The topological polar surface area (TPSA) is 102 Å². The summed E-state index contributed by atoms with van der Waals surface area (Å²) in [5, 5.41) is 22.8. The number of hydrogen-bond donors (Lipinski definition) is 3. The highest BCUT2D eigenvalue weighted by molar-refractivity contribution is 5.96. The number of phenolic OH excluding ortho intramolecular Hbond substituents is 1. The van der Waals surface area contributed by atoms with Crippen LogP contribution in [-0.4, -0.2) is 84.3 Å². The van der Waals surface area contributed by atoms with Gasteiger partial charge in [-0.3, -0.25) is 14.5 Å².